The van der Waals surface area contributed by atoms with E-state index < -0.39 is 17.8 Å². The van der Waals surface area contributed by atoms with Crippen LogP contribution in [0.1, 0.15) is 44.9 Å². The van der Waals surface area contributed by atoms with E-state index >= 15 is 0 Å². The van der Waals surface area contributed by atoms with Crippen LogP contribution in [0.3, 0.4) is 0 Å². The Kier molecular flexibility index (Phi) is 9.13. The lowest BCUT2D eigenvalue weighted by Gasteiger charge is -2.44. The van der Waals surface area contributed by atoms with Crippen LogP contribution in [0.5, 0.6) is 0 Å². The van der Waals surface area contributed by atoms with Crippen molar-refractivity contribution in [2.45, 2.75) is 58.8 Å². The first-order valence-electron chi connectivity index (χ1n) is 14.9. The van der Waals surface area contributed by atoms with Gasteiger partial charge in [0.05, 0.1) is 33.2 Å². The minimum absolute atomic E-state index is 0.0398. The number of halogens is 4. The number of pyridine rings is 2. The van der Waals surface area contributed by atoms with Crippen LogP contribution in [0, 0.1) is 6.92 Å². The maximum Gasteiger partial charge on any atom is 0.471 e. The van der Waals surface area contributed by atoms with E-state index in [1.807, 2.05) is 44.8 Å². The topological polar surface area (TPSA) is 113 Å². The first kappa shape index (κ1) is 33.6. The monoisotopic (exact) mass is 667 g/mol. The van der Waals surface area contributed by atoms with Gasteiger partial charge in [-0.2, -0.15) is 18.2 Å². The zero-order valence-corrected chi connectivity index (χ0v) is 27.1. The Bertz CT molecular complexity index is 1960. The zero-order chi connectivity index (χ0) is 34.4. The fraction of sp³-hybridized carbons (Fsp3) is 0.333. The molecule has 1 N–H and O–H groups in total. The summed E-state index contributed by atoms with van der Waals surface area (Å²) in [5, 5.41) is 2.35. The largest absolute Gasteiger partial charge is 0.471 e. The van der Waals surface area contributed by atoms with Gasteiger partial charge in [0.25, 0.3) is 0 Å². The number of alkyl halides is 3. The molecule has 3 aromatic heterocycles. The predicted octanol–water partition coefficient (Wildman–Crippen LogP) is 6.04. The van der Waals surface area contributed by atoms with Crippen molar-refractivity contribution in [2.75, 3.05) is 23.3 Å². The van der Waals surface area contributed by atoms with Gasteiger partial charge in [-0.1, -0.05) is 50.2 Å². The third-order valence-electron chi connectivity index (χ3n) is 8.13. The third-order valence-corrected chi connectivity index (χ3v) is 8.42. The number of fused-ring (bicyclic) bond motifs is 1. The molecule has 0 bridgehead atoms. The summed E-state index contributed by atoms with van der Waals surface area (Å²) in [4.78, 5) is 56.1. The number of para-hydroxylation sites is 1. The number of rotatable bonds is 6. The van der Waals surface area contributed by atoms with Gasteiger partial charge < -0.3 is 15.1 Å². The molecule has 4 aromatic rings. The van der Waals surface area contributed by atoms with Crippen LogP contribution in [0.4, 0.5) is 24.7 Å². The summed E-state index contributed by atoms with van der Waals surface area (Å²) in [6, 6.07) is 8.62. The summed E-state index contributed by atoms with van der Waals surface area (Å²) >= 11 is 6.84. The average Bonchev–Trinajstić information content (AvgIpc) is 3.01. The van der Waals surface area contributed by atoms with E-state index in [1.54, 1.807) is 29.3 Å². The van der Waals surface area contributed by atoms with E-state index in [-0.39, 0.29) is 51.5 Å². The highest BCUT2D eigenvalue weighted by molar-refractivity contribution is 6.34. The van der Waals surface area contributed by atoms with Gasteiger partial charge in [-0.05, 0) is 56.5 Å². The number of amides is 2. The van der Waals surface area contributed by atoms with Crippen molar-refractivity contribution < 1.29 is 22.8 Å². The van der Waals surface area contributed by atoms with Gasteiger partial charge in [0.2, 0.25) is 5.91 Å². The minimum Gasteiger partial charge on any atom is -0.349 e. The second kappa shape index (κ2) is 12.8. The van der Waals surface area contributed by atoms with Gasteiger partial charge >= 0.3 is 17.8 Å². The number of hydrogen-bond acceptors (Lipinski definition) is 7. The quantitative estimate of drug-likeness (QED) is 0.250. The molecule has 0 radical (unpaired) electrons. The summed E-state index contributed by atoms with van der Waals surface area (Å²) in [6.07, 6.45) is -2.23. The Balaban J connectivity index is 1.81. The summed E-state index contributed by atoms with van der Waals surface area (Å²) in [7, 11) is 0. The third kappa shape index (κ3) is 6.31. The average molecular weight is 668 g/mol. The van der Waals surface area contributed by atoms with Crippen LogP contribution in [0.15, 0.2) is 60.0 Å². The Hall–Kier alpha value is -4.78. The smallest absolute Gasteiger partial charge is 0.349 e. The molecule has 47 heavy (non-hydrogen) atoms. The van der Waals surface area contributed by atoms with Gasteiger partial charge in [0, 0.05) is 36.9 Å². The van der Waals surface area contributed by atoms with Gasteiger partial charge in [-0.15, -0.1) is 0 Å². The maximum atomic E-state index is 14.2. The summed E-state index contributed by atoms with van der Waals surface area (Å²) in [5.41, 5.74) is 1.26. The first-order valence-corrected chi connectivity index (χ1v) is 15.3. The summed E-state index contributed by atoms with van der Waals surface area (Å²) in [6.45, 7) is 13.7. The molecule has 246 valence electrons. The van der Waals surface area contributed by atoms with Gasteiger partial charge in [-0.3, -0.25) is 14.6 Å². The Morgan fingerprint density at radius 1 is 1.11 bits per heavy atom. The highest BCUT2D eigenvalue weighted by Gasteiger charge is 2.39. The maximum absolute atomic E-state index is 14.2. The van der Waals surface area contributed by atoms with E-state index in [9.17, 15) is 27.6 Å². The van der Waals surface area contributed by atoms with Crippen molar-refractivity contribution in [3.05, 3.63) is 82.0 Å². The van der Waals surface area contributed by atoms with E-state index in [1.165, 1.54) is 28.8 Å². The SMILES string of the molecule is C=CC(=O)N1C[C@H](C)N(c2nc(=O)n(-c3c(C)ccnc3C(C)C)c3nc(-c4ccccc4NC(=O)C(F)(F)F)c(Cl)cc23)C[C@H]1C. The van der Waals surface area contributed by atoms with Crippen LogP contribution in [-0.2, 0) is 9.59 Å². The molecule has 10 nitrogen and oxygen atoms in total. The standard InChI is InChI=1S/C33H33ClF3N7O3/c1-7-25(45)42-15-20(6)43(16-19(42)5)29-22-14-23(34)27(21-10-8-9-11-24(21)39-31(46)33(35,36)37)40-30(22)44(32(47)41-29)28-18(4)12-13-38-26(28)17(2)3/h7-14,17,19-20H,1,15-16H2,2-6H3,(H,39,46)/t19-,20+/m1/s1. The molecule has 1 aliphatic rings. The molecule has 2 amide bonds. The molecule has 5 rings (SSSR count). The lowest BCUT2D eigenvalue weighted by atomic mass is 10.0. The lowest BCUT2D eigenvalue weighted by Crippen LogP contribution is -2.58. The van der Waals surface area contributed by atoms with Gasteiger partial charge in [0.1, 0.15) is 5.82 Å². The number of benzene rings is 1. The number of aryl methyl sites for hydroxylation is 1. The molecule has 1 aliphatic heterocycles. The molecular formula is C33H33ClF3N7O3. The molecule has 0 aliphatic carbocycles. The fourth-order valence-electron chi connectivity index (χ4n) is 5.84. The van der Waals surface area contributed by atoms with E-state index in [4.69, 9.17) is 16.6 Å². The predicted molar refractivity (Wildman–Crippen MR) is 175 cm³/mol. The molecule has 0 unspecified atom stereocenters. The molecule has 0 spiro atoms. The lowest BCUT2D eigenvalue weighted by molar-refractivity contribution is -0.167. The van der Waals surface area contributed by atoms with Crippen molar-refractivity contribution in [3.63, 3.8) is 0 Å². The molecule has 0 saturated carbocycles. The normalized spacial score (nSPS) is 16.9. The molecule has 1 aromatic carbocycles. The molecule has 14 heteroatoms. The highest BCUT2D eigenvalue weighted by atomic mass is 35.5. The summed E-state index contributed by atoms with van der Waals surface area (Å²) in [5.74, 6) is -2.18. The number of aromatic nitrogens is 4. The number of hydrogen-bond donors (Lipinski definition) is 1. The van der Waals surface area contributed by atoms with Crippen LogP contribution >= 0.6 is 11.6 Å². The summed E-state index contributed by atoms with van der Waals surface area (Å²) < 4.78 is 41.0. The molecule has 4 heterocycles. The second-order valence-electron chi connectivity index (χ2n) is 11.8. The number of carbonyl (C=O) groups is 2. The van der Waals surface area contributed by atoms with Crippen molar-refractivity contribution >= 4 is 46.0 Å². The number of nitrogens with zero attached hydrogens (tertiary/aromatic N) is 6. The Morgan fingerprint density at radius 3 is 2.47 bits per heavy atom. The van der Waals surface area contributed by atoms with Crippen LogP contribution < -0.4 is 15.9 Å². The first-order chi connectivity index (χ1) is 22.1. The van der Waals surface area contributed by atoms with E-state index in [2.05, 4.69) is 16.5 Å². The number of anilines is 2. The number of nitrogens with one attached hydrogen (secondary N) is 1. The molecule has 2 atom stereocenters. The van der Waals surface area contributed by atoms with Gasteiger partial charge in [0.15, 0.2) is 5.65 Å². The van der Waals surface area contributed by atoms with E-state index in [0.29, 0.717) is 35.7 Å². The van der Waals surface area contributed by atoms with E-state index in [0.717, 1.165) is 5.56 Å². The van der Waals surface area contributed by atoms with Crippen molar-refractivity contribution in [3.8, 4) is 16.9 Å². The minimum atomic E-state index is -5.13. The van der Waals surface area contributed by atoms with Crippen LogP contribution in [-0.4, -0.2) is 67.6 Å². The van der Waals surface area contributed by atoms with Crippen molar-refractivity contribution in [2.24, 2.45) is 0 Å². The number of carbonyl (C=O) groups excluding carboxylic acids is 2. The second-order valence-corrected chi connectivity index (χ2v) is 12.2. The highest BCUT2D eigenvalue weighted by Crippen LogP contribution is 2.38. The molecular weight excluding hydrogens is 635 g/mol. The van der Waals surface area contributed by atoms with Gasteiger partial charge in [-0.25, -0.2) is 14.3 Å². The van der Waals surface area contributed by atoms with Crippen molar-refractivity contribution in [1.82, 2.24) is 24.4 Å². The van der Waals surface area contributed by atoms with Crippen LogP contribution in [0.2, 0.25) is 5.02 Å². The molecule has 1 saturated heterocycles. The van der Waals surface area contributed by atoms with Crippen LogP contribution in [0.25, 0.3) is 28.0 Å². The Labute approximate surface area is 273 Å². The fourth-order valence-corrected chi connectivity index (χ4v) is 6.09. The number of piperazine rings is 1. The Morgan fingerprint density at radius 2 is 1.81 bits per heavy atom. The zero-order valence-electron chi connectivity index (χ0n) is 26.4. The molecule has 1 fully saturated rings. The van der Waals surface area contributed by atoms with Crippen molar-refractivity contribution in [1.29, 1.82) is 0 Å².